The summed E-state index contributed by atoms with van der Waals surface area (Å²) >= 11 is 0. The molecule has 92 valence electrons. The molecule has 0 aliphatic heterocycles. The van der Waals surface area contributed by atoms with Crippen LogP contribution in [0.4, 0.5) is 0 Å². The third-order valence-electron chi connectivity index (χ3n) is 2.82. The van der Waals surface area contributed by atoms with Crippen LogP contribution in [-0.2, 0) is 16.0 Å². The number of aromatic nitrogens is 2. The van der Waals surface area contributed by atoms with Gasteiger partial charge in [-0.15, -0.1) is 0 Å². The first-order valence-corrected chi connectivity index (χ1v) is 5.31. The lowest BCUT2D eigenvalue weighted by molar-refractivity contribution is -0.142. The van der Waals surface area contributed by atoms with Crippen molar-refractivity contribution in [2.24, 2.45) is 5.73 Å². The highest BCUT2D eigenvalue weighted by atomic mass is 16.4. The van der Waals surface area contributed by atoms with Crippen LogP contribution in [0, 0.1) is 0 Å². The molecule has 2 rings (SSSR count). The zero-order valence-electron chi connectivity index (χ0n) is 9.14. The molecule has 1 saturated carbocycles. The van der Waals surface area contributed by atoms with Gasteiger partial charge in [-0.1, -0.05) is 0 Å². The Kier molecular flexibility index (Phi) is 2.84. The van der Waals surface area contributed by atoms with Crippen molar-refractivity contribution < 1.29 is 14.7 Å². The van der Waals surface area contributed by atoms with E-state index < -0.39 is 23.5 Å². The average molecular weight is 238 g/mol. The number of carbonyl (C=O) groups excluding carboxylic acids is 1. The predicted molar refractivity (Wildman–Crippen MR) is 58.0 cm³/mol. The molecule has 0 spiro atoms. The molecule has 5 N–H and O–H groups in total. The van der Waals surface area contributed by atoms with Crippen LogP contribution in [0.15, 0.2) is 12.5 Å². The molecule has 0 bridgehead atoms. The summed E-state index contributed by atoms with van der Waals surface area (Å²) in [6.07, 6.45) is 4.36. The number of H-pyrrole nitrogens is 1. The third kappa shape index (κ3) is 2.62. The Morgan fingerprint density at radius 2 is 2.35 bits per heavy atom. The molecule has 1 aromatic rings. The van der Waals surface area contributed by atoms with Crippen LogP contribution in [0.2, 0.25) is 0 Å². The summed E-state index contributed by atoms with van der Waals surface area (Å²) in [7, 11) is 0. The Morgan fingerprint density at radius 1 is 1.65 bits per heavy atom. The number of aliphatic carboxylic acids is 1. The van der Waals surface area contributed by atoms with Gasteiger partial charge in [-0.25, -0.2) is 9.78 Å². The molecule has 1 unspecified atom stereocenters. The largest absolute Gasteiger partial charge is 0.480 e. The van der Waals surface area contributed by atoms with Crippen molar-refractivity contribution in [3.8, 4) is 0 Å². The van der Waals surface area contributed by atoms with E-state index in [1.807, 2.05) is 0 Å². The first kappa shape index (κ1) is 11.6. The van der Waals surface area contributed by atoms with Gasteiger partial charge in [0, 0.05) is 18.3 Å². The molecular formula is C10H14N4O3. The van der Waals surface area contributed by atoms with Crippen molar-refractivity contribution >= 4 is 11.9 Å². The minimum atomic E-state index is -1.09. The summed E-state index contributed by atoms with van der Waals surface area (Å²) in [5.41, 5.74) is 5.48. The molecule has 0 aromatic carbocycles. The van der Waals surface area contributed by atoms with Gasteiger partial charge in [0.1, 0.15) is 6.04 Å². The average Bonchev–Trinajstić information content (AvgIpc) is 2.83. The minimum Gasteiger partial charge on any atom is -0.480 e. The molecule has 0 saturated heterocycles. The van der Waals surface area contributed by atoms with E-state index in [2.05, 4.69) is 15.3 Å². The van der Waals surface area contributed by atoms with Crippen molar-refractivity contribution in [2.45, 2.75) is 30.8 Å². The molecule has 1 heterocycles. The molecule has 1 aliphatic rings. The zero-order valence-corrected chi connectivity index (χ0v) is 9.14. The number of carboxylic acids is 1. The SMILES string of the molecule is NC1(C(=O)NC(Cc2cnc[nH]2)C(=O)O)CC1. The van der Waals surface area contributed by atoms with Crippen LogP contribution in [-0.4, -0.2) is 38.5 Å². The van der Waals surface area contributed by atoms with Crippen molar-refractivity contribution in [1.29, 1.82) is 0 Å². The van der Waals surface area contributed by atoms with Gasteiger partial charge in [0.05, 0.1) is 11.9 Å². The summed E-state index contributed by atoms with van der Waals surface area (Å²) in [5.74, 6) is -1.48. The van der Waals surface area contributed by atoms with Gasteiger partial charge in [0.2, 0.25) is 5.91 Å². The van der Waals surface area contributed by atoms with Gasteiger partial charge in [0.25, 0.3) is 0 Å². The number of aromatic amines is 1. The molecule has 0 radical (unpaired) electrons. The van der Waals surface area contributed by atoms with E-state index in [1.165, 1.54) is 12.5 Å². The third-order valence-corrected chi connectivity index (χ3v) is 2.82. The van der Waals surface area contributed by atoms with Gasteiger partial charge in [0.15, 0.2) is 0 Å². The topological polar surface area (TPSA) is 121 Å². The maximum absolute atomic E-state index is 11.6. The Balaban J connectivity index is 1.98. The highest BCUT2D eigenvalue weighted by Crippen LogP contribution is 2.32. The summed E-state index contributed by atoms with van der Waals surface area (Å²) in [6, 6.07) is -0.982. The molecule has 1 amide bonds. The smallest absolute Gasteiger partial charge is 0.326 e. The summed E-state index contributed by atoms with van der Waals surface area (Å²) in [5, 5.41) is 11.5. The second-order valence-corrected chi connectivity index (χ2v) is 4.30. The zero-order chi connectivity index (χ0) is 12.5. The number of nitrogens with two attached hydrogens (primary N) is 1. The Morgan fingerprint density at radius 3 is 2.82 bits per heavy atom. The number of hydrogen-bond acceptors (Lipinski definition) is 4. The highest BCUT2D eigenvalue weighted by Gasteiger charge is 2.46. The summed E-state index contributed by atoms with van der Waals surface area (Å²) < 4.78 is 0. The minimum absolute atomic E-state index is 0.164. The fraction of sp³-hybridized carbons (Fsp3) is 0.500. The number of nitrogens with one attached hydrogen (secondary N) is 2. The van der Waals surface area contributed by atoms with Crippen LogP contribution >= 0.6 is 0 Å². The van der Waals surface area contributed by atoms with Crippen molar-refractivity contribution in [1.82, 2.24) is 15.3 Å². The molecule has 1 fully saturated rings. The van der Waals surface area contributed by atoms with Gasteiger partial charge in [-0.3, -0.25) is 4.79 Å². The lowest BCUT2D eigenvalue weighted by atomic mass is 10.1. The molecule has 1 atom stereocenters. The lowest BCUT2D eigenvalue weighted by Crippen LogP contribution is -2.50. The Labute approximate surface area is 97.4 Å². The van der Waals surface area contributed by atoms with Crippen molar-refractivity contribution in [2.75, 3.05) is 0 Å². The molecule has 1 aromatic heterocycles. The Hall–Kier alpha value is -1.89. The van der Waals surface area contributed by atoms with Crippen LogP contribution < -0.4 is 11.1 Å². The number of rotatable bonds is 5. The monoisotopic (exact) mass is 238 g/mol. The maximum atomic E-state index is 11.6. The number of carbonyl (C=O) groups is 2. The fourth-order valence-electron chi connectivity index (χ4n) is 1.48. The standard InChI is InChI=1S/C10H14N4O3/c11-10(1-2-10)9(17)14-7(8(15)16)3-6-4-12-5-13-6/h4-5,7H,1-3,11H2,(H,12,13)(H,14,17)(H,15,16). The first-order chi connectivity index (χ1) is 8.01. The first-order valence-electron chi connectivity index (χ1n) is 5.31. The van der Waals surface area contributed by atoms with Crippen LogP contribution in [0.1, 0.15) is 18.5 Å². The van der Waals surface area contributed by atoms with E-state index in [-0.39, 0.29) is 6.42 Å². The summed E-state index contributed by atoms with van der Waals surface area (Å²) in [4.78, 5) is 29.2. The number of nitrogens with zero attached hydrogens (tertiary/aromatic N) is 1. The molecule has 7 nitrogen and oxygen atoms in total. The molecule has 7 heteroatoms. The van der Waals surface area contributed by atoms with Crippen LogP contribution in [0.3, 0.4) is 0 Å². The normalized spacial score (nSPS) is 18.4. The number of carboxylic acid groups (broad SMARTS) is 1. The second-order valence-electron chi connectivity index (χ2n) is 4.30. The van der Waals surface area contributed by atoms with Crippen molar-refractivity contribution in [3.63, 3.8) is 0 Å². The van der Waals surface area contributed by atoms with Gasteiger partial charge in [-0.05, 0) is 12.8 Å². The predicted octanol–water partition coefficient (Wildman–Crippen LogP) is -0.987. The van der Waals surface area contributed by atoms with E-state index in [4.69, 9.17) is 10.8 Å². The highest BCUT2D eigenvalue weighted by molar-refractivity contribution is 5.92. The molecule has 1 aliphatic carbocycles. The quantitative estimate of drug-likeness (QED) is 0.525. The van der Waals surface area contributed by atoms with Crippen molar-refractivity contribution in [3.05, 3.63) is 18.2 Å². The van der Waals surface area contributed by atoms with Gasteiger partial charge in [-0.2, -0.15) is 0 Å². The molecule has 17 heavy (non-hydrogen) atoms. The van der Waals surface area contributed by atoms with E-state index in [1.54, 1.807) is 0 Å². The van der Waals surface area contributed by atoms with E-state index in [9.17, 15) is 9.59 Å². The number of hydrogen-bond donors (Lipinski definition) is 4. The van der Waals surface area contributed by atoms with Crippen LogP contribution in [0.25, 0.3) is 0 Å². The van der Waals surface area contributed by atoms with E-state index in [0.29, 0.717) is 18.5 Å². The second kappa shape index (κ2) is 4.17. The number of amides is 1. The van der Waals surface area contributed by atoms with E-state index in [0.717, 1.165) is 0 Å². The fourth-order valence-corrected chi connectivity index (χ4v) is 1.48. The molecular weight excluding hydrogens is 224 g/mol. The van der Waals surface area contributed by atoms with Gasteiger partial charge < -0.3 is 21.1 Å². The lowest BCUT2D eigenvalue weighted by Gasteiger charge is -2.16. The van der Waals surface area contributed by atoms with E-state index >= 15 is 0 Å². The summed E-state index contributed by atoms with van der Waals surface area (Å²) in [6.45, 7) is 0. The maximum Gasteiger partial charge on any atom is 0.326 e. The Bertz CT molecular complexity index is 425. The van der Waals surface area contributed by atoms with Crippen LogP contribution in [0.5, 0.6) is 0 Å². The van der Waals surface area contributed by atoms with Gasteiger partial charge >= 0.3 is 5.97 Å². The number of imidazole rings is 1.